The quantitative estimate of drug-likeness (QED) is 0.516. The van der Waals surface area contributed by atoms with Crippen LogP contribution < -0.4 is 4.74 Å². The summed E-state index contributed by atoms with van der Waals surface area (Å²) in [6.45, 7) is 3.42. The first-order valence-electron chi connectivity index (χ1n) is 5.33. The molecule has 0 aliphatic rings. The molecular formula is C12H16O5P. The van der Waals surface area contributed by atoms with Gasteiger partial charge in [0, 0.05) is 0 Å². The van der Waals surface area contributed by atoms with Crippen molar-refractivity contribution in [3.63, 3.8) is 0 Å². The van der Waals surface area contributed by atoms with E-state index in [1.165, 1.54) is 0 Å². The summed E-state index contributed by atoms with van der Waals surface area (Å²) >= 11 is 0. The predicted molar refractivity (Wildman–Crippen MR) is 68.2 cm³/mol. The van der Waals surface area contributed by atoms with Crippen LogP contribution in [0, 0.1) is 6.16 Å². The molecule has 0 spiro atoms. The number of aliphatic hydroxyl groups is 1. The SMILES string of the molecule is C=CCc1ccccc1OCC(O)[CH]P(=O)(O)O. The molecule has 0 heterocycles. The zero-order valence-electron chi connectivity index (χ0n) is 9.77. The molecule has 0 fully saturated rings. The lowest BCUT2D eigenvalue weighted by atomic mass is 10.1. The second-order valence-corrected chi connectivity index (χ2v) is 5.19. The normalized spacial score (nSPS) is 13.1. The van der Waals surface area contributed by atoms with E-state index in [0.717, 1.165) is 5.56 Å². The third-order valence-corrected chi connectivity index (χ3v) is 2.85. The van der Waals surface area contributed by atoms with Gasteiger partial charge in [-0.1, -0.05) is 24.3 Å². The minimum atomic E-state index is -4.34. The molecule has 0 aliphatic carbocycles. The Morgan fingerprint density at radius 2 is 2.06 bits per heavy atom. The van der Waals surface area contributed by atoms with Crippen LogP contribution in [-0.4, -0.2) is 27.6 Å². The molecule has 0 saturated carbocycles. The summed E-state index contributed by atoms with van der Waals surface area (Å²) < 4.78 is 16.0. The average Bonchev–Trinajstić information content (AvgIpc) is 2.26. The number of rotatable bonds is 7. The molecule has 0 aromatic heterocycles. The number of hydrogen-bond acceptors (Lipinski definition) is 3. The Morgan fingerprint density at radius 3 is 2.67 bits per heavy atom. The summed E-state index contributed by atoms with van der Waals surface area (Å²) in [5.41, 5.74) is 0.899. The Balaban J connectivity index is 2.57. The molecule has 1 aromatic rings. The molecule has 0 amide bonds. The number of allylic oxidation sites excluding steroid dienone is 1. The van der Waals surface area contributed by atoms with Crippen LogP contribution in [-0.2, 0) is 11.0 Å². The summed E-state index contributed by atoms with van der Waals surface area (Å²) in [6.07, 6.45) is 1.58. The highest BCUT2D eigenvalue weighted by atomic mass is 31.2. The smallest absolute Gasteiger partial charge is 0.332 e. The lowest BCUT2D eigenvalue weighted by molar-refractivity contribution is 0.134. The highest BCUT2D eigenvalue weighted by Crippen LogP contribution is 2.39. The van der Waals surface area contributed by atoms with E-state index in [4.69, 9.17) is 14.5 Å². The Hall–Kier alpha value is -1.13. The van der Waals surface area contributed by atoms with Crippen molar-refractivity contribution in [3.05, 3.63) is 48.6 Å². The van der Waals surface area contributed by atoms with Crippen molar-refractivity contribution in [1.82, 2.24) is 0 Å². The fourth-order valence-corrected chi connectivity index (χ4v) is 1.95. The van der Waals surface area contributed by atoms with Gasteiger partial charge in [-0.3, -0.25) is 4.57 Å². The van der Waals surface area contributed by atoms with Crippen molar-refractivity contribution in [2.75, 3.05) is 6.61 Å². The van der Waals surface area contributed by atoms with Crippen molar-refractivity contribution in [2.45, 2.75) is 12.5 Å². The molecule has 5 nitrogen and oxygen atoms in total. The van der Waals surface area contributed by atoms with Crippen LogP contribution in [0.3, 0.4) is 0 Å². The van der Waals surface area contributed by atoms with Crippen molar-refractivity contribution in [3.8, 4) is 5.75 Å². The van der Waals surface area contributed by atoms with Gasteiger partial charge in [-0.05, 0) is 18.1 Å². The van der Waals surface area contributed by atoms with Gasteiger partial charge < -0.3 is 19.6 Å². The van der Waals surface area contributed by atoms with Gasteiger partial charge in [0.15, 0.2) is 0 Å². The second-order valence-electron chi connectivity index (χ2n) is 3.72. The highest BCUT2D eigenvalue weighted by Gasteiger charge is 2.21. The van der Waals surface area contributed by atoms with Gasteiger partial charge in [0.25, 0.3) is 0 Å². The number of benzene rings is 1. The molecule has 0 aliphatic heterocycles. The fourth-order valence-electron chi connectivity index (χ4n) is 1.41. The summed E-state index contributed by atoms with van der Waals surface area (Å²) in [6, 6.07) is 7.21. The Bertz CT molecular complexity index is 440. The maximum Gasteiger partial charge on any atom is 0.332 e. The van der Waals surface area contributed by atoms with Crippen molar-refractivity contribution in [2.24, 2.45) is 0 Å². The van der Waals surface area contributed by atoms with Crippen molar-refractivity contribution in [1.29, 1.82) is 0 Å². The first-order valence-corrected chi connectivity index (χ1v) is 7.01. The molecule has 6 heteroatoms. The summed E-state index contributed by atoms with van der Waals surface area (Å²) in [7, 11) is -4.34. The number of aliphatic hydroxyl groups excluding tert-OH is 1. The number of para-hydroxylation sites is 1. The molecule has 18 heavy (non-hydrogen) atoms. The minimum absolute atomic E-state index is 0.209. The molecule has 1 atom stereocenters. The molecule has 0 bridgehead atoms. The van der Waals surface area contributed by atoms with E-state index in [1.54, 1.807) is 18.2 Å². The summed E-state index contributed by atoms with van der Waals surface area (Å²) in [4.78, 5) is 17.3. The minimum Gasteiger partial charge on any atom is -0.491 e. The Morgan fingerprint density at radius 1 is 1.39 bits per heavy atom. The number of ether oxygens (including phenoxy) is 1. The molecule has 1 radical (unpaired) electrons. The van der Waals surface area contributed by atoms with Gasteiger partial charge in [0.05, 0.1) is 0 Å². The largest absolute Gasteiger partial charge is 0.491 e. The molecular weight excluding hydrogens is 255 g/mol. The molecule has 3 N–H and O–H groups in total. The lowest BCUT2D eigenvalue weighted by Gasteiger charge is -2.14. The van der Waals surface area contributed by atoms with Crippen LogP contribution in [0.4, 0.5) is 0 Å². The Kier molecular flexibility index (Phi) is 5.56. The van der Waals surface area contributed by atoms with E-state index in [9.17, 15) is 9.67 Å². The van der Waals surface area contributed by atoms with E-state index in [0.29, 0.717) is 18.3 Å². The monoisotopic (exact) mass is 271 g/mol. The third kappa shape index (κ3) is 5.47. The molecule has 1 unspecified atom stereocenters. The van der Waals surface area contributed by atoms with E-state index >= 15 is 0 Å². The zero-order chi connectivity index (χ0) is 13.6. The van der Waals surface area contributed by atoms with Crippen LogP contribution in [0.25, 0.3) is 0 Å². The maximum atomic E-state index is 10.6. The highest BCUT2D eigenvalue weighted by molar-refractivity contribution is 7.54. The van der Waals surface area contributed by atoms with Gasteiger partial charge in [0.1, 0.15) is 24.6 Å². The zero-order valence-corrected chi connectivity index (χ0v) is 10.7. The Labute approximate surface area is 106 Å². The maximum absolute atomic E-state index is 10.6. The van der Waals surface area contributed by atoms with E-state index in [-0.39, 0.29) is 6.61 Å². The molecule has 1 aromatic carbocycles. The summed E-state index contributed by atoms with van der Waals surface area (Å²) in [5.74, 6) is 0.565. The van der Waals surface area contributed by atoms with E-state index in [2.05, 4.69) is 6.58 Å². The second kappa shape index (κ2) is 6.71. The summed E-state index contributed by atoms with van der Waals surface area (Å²) in [5, 5.41) is 9.37. The van der Waals surface area contributed by atoms with E-state index in [1.807, 2.05) is 12.1 Å². The predicted octanol–water partition coefficient (Wildman–Crippen LogP) is 1.49. The van der Waals surface area contributed by atoms with Crippen LogP contribution >= 0.6 is 7.60 Å². The molecule has 1 rings (SSSR count). The molecule has 99 valence electrons. The first kappa shape index (κ1) is 14.9. The topological polar surface area (TPSA) is 87.0 Å². The van der Waals surface area contributed by atoms with Crippen molar-refractivity contribution >= 4 is 7.60 Å². The van der Waals surface area contributed by atoms with Crippen molar-refractivity contribution < 1.29 is 24.2 Å². The van der Waals surface area contributed by atoms with Crippen LogP contribution in [0.1, 0.15) is 5.56 Å². The van der Waals surface area contributed by atoms with E-state index < -0.39 is 13.7 Å². The fraction of sp³-hybridized carbons (Fsp3) is 0.250. The van der Waals surface area contributed by atoms with Gasteiger partial charge in [0.2, 0.25) is 0 Å². The van der Waals surface area contributed by atoms with Gasteiger partial charge in [-0.15, -0.1) is 6.58 Å². The first-order chi connectivity index (χ1) is 8.42. The lowest BCUT2D eigenvalue weighted by Crippen LogP contribution is -2.18. The van der Waals surface area contributed by atoms with Gasteiger partial charge >= 0.3 is 7.60 Å². The molecule has 0 saturated heterocycles. The van der Waals surface area contributed by atoms with Crippen LogP contribution in [0.15, 0.2) is 36.9 Å². The van der Waals surface area contributed by atoms with Gasteiger partial charge in [-0.25, -0.2) is 0 Å². The standard InChI is InChI=1S/C12H16O5P/c1-2-5-10-6-3-4-7-12(10)17-8-11(13)9-18(14,15)16/h2-4,6-7,9,11,13H,1,5,8H2,(H2,14,15,16). The van der Waals surface area contributed by atoms with Crippen LogP contribution in [0.5, 0.6) is 5.75 Å². The van der Waals surface area contributed by atoms with Gasteiger partial charge in [-0.2, -0.15) is 0 Å². The average molecular weight is 271 g/mol. The third-order valence-electron chi connectivity index (χ3n) is 2.11. The van der Waals surface area contributed by atoms with Crippen LogP contribution in [0.2, 0.25) is 0 Å². The number of hydrogen-bond donors (Lipinski definition) is 3.